The molecule has 2 aromatic rings. The van der Waals surface area contributed by atoms with E-state index in [1.165, 1.54) is 42.9 Å². The summed E-state index contributed by atoms with van der Waals surface area (Å²) in [6, 6.07) is 16.4. The molecule has 0 radical (unpaired) electrons. The number of hydrogen-bond donors (Lipinski definition) is 0. The van der Waals surface area contributed by atoms with Crippen LogP contribution in [0.1, 0.15) is 48.3 Å². The van der Waals surface area contributed by atoms with E-state index in [1.54, 1.807) is 23.9 Å². The number of benzene rings is 2. The second-order valence-corrected chi connectivity index (χ2v) is 9.89. The first-order valence-corrected chi connectivity index (χ1v) is 11.7. The van der Waals surface area contributed by atoms with E-state index in [0.717, 1.165) is 22.2 Å². The van der Waals surface area contributed by atoms with Crippen LogP contribution in [0.5, 0.6) is 0 Å². The fourth-order valence-electron chi connectivity index (χ4n) is 4.08. The van der Waals surface area contributed by atoms with Crippen LogP contribution >= 0.6 is 24.0 Å². The van der Waals surface area contributed by atoms with Crippen LogP contribution in [0.3, 0.4) is 0 Å². The highest BCUT2D eigenvalue weighted by atomic mass is 32.2. The quantitative estimate of drug-likeness (QED) is 0.513. The van der Waals surface area contributed by atoms with Crippen LogP contribution in [0.4, 0.5) is 4.39 Å². The number of hydrogen-bond acceptors (Lipinski definition) is 3. The average Bonchev–Trinajstić information content (AvgIpc) is 2.72. The lowest BCUT2D eigenvalue weighted by atomic mass is 9.81. The Balaban J connectivity index is 1.47. The summed E-state index contributed by atoms with van der Waals surface area (Å²) in [6.07, 6.45) is 4.75. The van der Waals surface area contributed by atoms with Gasteiger partial charge >= 0.3 is 0 Å². The van der Waals surface area contributed by atoms with Gasteiger partial charge in [0.2, 0.25) is 0 Å². The Morgan fingerprint density at radius 2 is 1.69 bits per heavy atom. The maximum Gasteiger partial charge on any atom is 0.136 e. The van der Waals surface area contributed by atoms with Crippen molar-refractivity contribution in [3.05, 3.63) is 71.0 Å². The Labute approximate surface area is 184 Å². The van der Waals surface area contributed by atoms with Crippen LogP contribution in [0.25, 0.3) is 0 Å². The summed E-state index contributed by atoms with van der Waals surface area (Å²) in [6.45, 7) is 0.989. The van der Waals surface area contributed by atoms with Crippen LogP contribution in [0.2, 0.25) is 0 Å². The lowest BCUT2D eigenvalue weighted by Gasteiger charge is -2.36. The number of thioether (sulfide) groups is 1. The van der Waals surface area contributed by atoms with Crippen molar-refractivity contribution in [1.82, 2.24) is 9.80 Å². The maximum absolute atomic E-state index is 13.3. The highest BCUT2D eigenvalue weighted by Crippen LogP contribution is 2.35. The van der Waals surface area contributed by atoms with Crippen LogP contribution < -0.4 is 0 Å². The Kier molecular flexibility index (Phi) is 8.10. The van der Waals surface area contributed by atoms with E-state index in [1.807, 2.05) is 6.07 Å². The van der Waals surface area contributed by atoms with Gasteiger partial charge in [-0.3, -0.25) is 0 Å². The minimum absolute atomic E-state index is 0.185. The topological polar surface area (TPSA) is 6.48 Å². The molecule has 0 amide bonds. The molecular formula is C24H31FN2S2. The monoisotopic (exact) mass is 430 g/mol. The van der Waals surface area contributed by atoms with E-state index in [4.69, 9.17) is 12.2 Å². The van der Waals surface area contributed by atoms with Gasteiger partial charge in [-0.1, -0.05) is 60.4 Å². The predicted molar refractivity (Wildman–Crippen MR) is 127 cm³/mol. The van der Waals surface area contributed by atoms with Crippen molar-refractivity contribution in [1.29, 1.82) is 0 Å². The first kappa shape index (κ1) is 22.3. The number of halogens is 1. The first-order chi connectivity index (χ1) is 13.9. The van der Waals surface area contributed by atoms with E-state index < -0.39 is 0 Å². The Hall–Kier alpha value is -1.43. The normalized spacial score (nSPS) is 19.3. The van der Waals surface area contributed by atoms with E-state index >= 15 is 0 Å². The van der Waals surface area contributed by atoms with E-state index in [9.17, 15) is 4.39 Å². The van der Waals surface area contributed by atoms with Crippen LogP contribution in [0, 0.1) is 5.82 Å². The zero-order valence-corrected chi connectivity index (χ0v) is 19.2. The fourth-order valence-corrected chi connectivity index (χ4v) is 5.23. The third-order valence-corrected chi connectivity index (χ3v) is 7.39. The van der Waals surface area contributed by atoms with Crippen molar-refractivity contribution in [2.45, 2.75) is 49.9 Å². The van der Waals surface area contributed by atoms with Gasteiger partial charge in [0.25, 0.3) is 0 Å². The van der Waals surface area contributed by atoms with E-state index in [-0.39, 0.29) is 5.82 Å². The van der Waals surface area contributed by atoms with E-state index in [2.05, 4.69) is 55.2 Å². The third kappa shape index (κ3) is 6.53. The minimum Gasteiger partial charge on any atom is -0.358 e. The molecule has 0 unspecified atom stereocenters. The van der Waals surface area contributed by atoms with Gasteiger partial charge in [0.15, 0.2) is 0 Å². The van der Waals surface area contributed by atoms with Gasteiger partial charge in [-0.05, 0) is 74.5 Å². The van der Waals surface area contributed by atoms with Gasteiger partial charge in [-0.2, -0.15) is 0 Å². The standard InChI is InChI=1S/C24H31FN2S2/c1-26(2)16-18-7-9-20(10-8-18)21-11-13-23(14-12-21)27(3)24(28)29-17-19-5-4-6-22(25)15-19/h4-10,15,21,23H,11-14,16-17H2,1-3H3. The molecule has 1 aliphatic rings. The molecule has 3 rings (SSSR count). The van der Waals surface area contributed by atoms with Gasteiger partial charge in [0.1, 0.15) is 10.1 Å². The van der Waals surface area contributed by atoms with Gasteiger partial charge in [-0.15, -0.1) is 0 Å². The molecule has 0 atom stereocenters. The molecule has 1 fully saturated rings. The molecule has 2 nitrogen and oxygen atoms in total. The zero-order chi connectivity index (χ0) is 20.8. The lowest BCUT2D eigenvalue weighted by Crippen LogP contribution is -2.37. The fraction of sp³-hybridized carbons (Fsp3) is 0.458. The Morgan fingerprint density at radius 1 is 1.00 bits per heavy atom. The average molecular weight is 431 g/mol. The minimum atomic E-state index is -0.185. The van der Waals surface area contributed by atoms with Crippen molar-refractivity contribution in [3.63, 3.8) is 0 Å². The van der Waals surface area contributed by atoms with Crippen molar-refractivity contribution in [3.8, 4) is 0 Å². The number of nitrogens with zero attached hydrogens (tertiary/aromatic N) is 2. The van der Waals surface area contributed by atoms with Crippen molar-refractivity contribution in [2.75, 3.05) is 21.1 Å². The zero-order valence-electron chi connectivity index (χ0n) is 17.6. The Morgan fingerprint density at radius 3 is 2.31 bits per heavy atom. The molecule has 0 aromatic heterocycles. The molecule has 29 heavy (non-hydrogen) atoms. The van der Waals surface area contributed by atoms with Gasteiger partial charge < -0.3 is 9.80 Å². The van der Waals surface area contributed by atoms with Gasteiger partial charge in [0, 0.05) is 25.4 Å². The SMILES string of the molecule is CN(C)Cc1ccc(C2CCC(N(C)C(=S)SCc3cccc(F)c3)CC2)cc1. The molecule has 0 N–H and O–H groups in total. The lowest BCUT2D eigenvalue weighted by molar-refractivity contribution is 0.267. The number of thiocarbonyl (C=S) groups is 1. The van der Waals surface area contributed by atoms with Crippen LogP contribution in [-0.2, 0) is 12.3 Å². The van der Waals surface area contributed by atoms with Crippen LogP contribution in [0.15, 0.2) is 48.5 Å². The molecule has 5 heteroatoms. The van der Waals surface area contributed by atoms with Gasteiger partial charge in [-0.25, -0.2) is 4.39 Å². The molecule has 156 valence electrons. The molecule has 0 saturated heterocycles. The molecule has 0 aliphatic heterocycles. The summed E-state index contributed by atoms with van der Waals surface area (Å²) in [5, 5.41) is 0. The predicted octanol–water partition coefficient (Wildman–Crippen LogP) is 6.06. The first-order valence-electron chi connectivity index (χ1n) is 10.3. The second-order valence-electron chi connectivity index (χ2n) is 8.28. The molecular weight excluding hydrogens is 399 g/mol. The van der Waals surface area contributed by atoms with Crippen molar-refractivity contribution >= 4 is 28.3 Å². The Bertz CT molecular complexity index is 799. The largest absolute Gasteiger partial charge is 0.358 e. The summed E-state index contributed by atoms with van der Waals surface area (Å²) in [4.78, 5) is 4.46. The van der Waals surface area contributed by atoms with Crippen molar-refractivity contribution < 1.29 is 4.39 Å². The smallest absolute Gasteiger partial charge is 0.136 e. The van der Waals surface area contributed by atoms with Crippen molar-refractivity contribution in [2.24, 2.45) is 0 Å². The molecule has 2 aromatic carbocycles. The molecule has 1 aliphatic carbocycles. The molecule has 0 heterocycles. The second kappa shape index (κ2) is 10.6. The summed E-state index contributed by atoms with van der Waals surface area (Å²) in [5.74, 6) is 1.19. The molecule has 0 bridgehead atoms. The number of rotatable bonds is 6. The summed E-state index contributed by atoms with van der Waals surface area (Å²) >= 11 is 7.28. The van der Waals surface area contributed by atoms with Crippen LogP contribution in [-0.4, -0.2) is 41.3 Å². The molecule has 1 saturated carbocycles. The van der Waals surface area contributed by atoms with Gasteiger partial charge in [0.05, 0.1) is 0 Å². The summed E-state index contributed by atoms with van der Waals surface area (Å²) in [5.41, 5.74) is 3.82. The van der Waals surface area contributed by atoms with E-state index in [0.29, 0.717) is 12.0 Å². The summed E-state index contributed by atoms with van der Waals surface area (Å²) < 4.78 is 14.2. The highest BCUT2D eigenvalue weighted by Gasteiger charge is 2.26. The molecule has 0 spiro atoms. The third-order valence-electron chi connectivity index (χ3n) is 5.73. The highest BCUT2D eigenvalue weighted by molar-refractivity contribution is 8.22. The summed E-state index contributed by atoms with van der Waals surface area (Å²) in [7, 11) is 6.32. The maximum atomic E-state index is 13.3.